The summed E-state index contributed by atoms with van der Waals surface area (Å²) in [6.45, 7) is 4.45. The molecule has 174 valence electrons. The van der Waals surface area contributed by atoms with E-state index in [1.165, 1.54) is 0 Å². The number of hydrogen-bond donors (Lipinski definition) is 1. The molecule has 0 unspecified atom stereocenters. The minimum atomic E-state index is -0.386. The van der Waals surface area contributed by atoms with Crippen molar-refractivity contribution in [1.29, 1.82) is 0 Å². The first-order chi connectivity index (χ1) is 16.5. The Kier molecular flexibility index (Phi) is 7.33. The molecule has 1 aliphatic heterocycles. The van der Waals surface area contributed by atoms with Gasteiger partial charge >= 0.3 is 5.97 Å². The first kappa shape index (κ1) is 23.6. The molecule has 1 fully saturated rings. The number of ether oxygens (including phenoxy) is 1. The second-order valence-electron chi connectivity index (χ2n) is 8.00. The first-order valence-electron chi connectivity index (χ1n) is 11.1. The van der Waals surface area contributed by atoms with E-state index in [0.29, 0.717) is 35.7 Å². The second-order valence-corrected chi connectivity index (χ2v) is 9.07. The van der Waals surface area contributed by atoms with Crippen molar-refractivity contribution in [2.45, 2.75) is 25.8 Å². The standard InChI is InChI=1S/C27H26N2O4S/c1-3-33-27(32)22-13-14-23(18(2)15-22)28-25(31)20-9-11-21(12-10-20)26-29(24(30)17-34-26)16-19-7-5-4-6-8-19/h4-15,26H,3,16-17H2,1-2H3,(H,28,31)/t26-/m0/s1. The van der Waals surface area contributed by atoms with Gasteiger partial charge < -0.3 is 15.0 Å². The van der Waals surface area contributed by atoms with Crippen LogP contribution in [0.2, 0.25) is 0 Å². The van der Waals surface area contributed by atoms with Crippen LogP contribution in [0.5, 0.6) is 0 Å². The highest BCUT2D eigenvalue weighted by Crippen LogP contribution is 2.39. The Bertz CT molecular complexity index is 1200. The van der Waals surface area contributed by atoms with Gasteiger partial charge in [-0.2, -0.15) is 0 Å². The van der Waals surface area contributed by atoms with Crippen LogP contribution in [0.4, 0.5) is 5.69 Å². The van der Waals surface area contributed by atoms with E-state index in [-0.39, 0.29) is 23.2 Å². The van der Waals surface area contributed by atoms with Crippen LogP contribution in [0.15, 0.2) is 72.8 Å². The quantitative estimate of drug-likeness (QED) is 0.477. The van der Waals surface area contributed by atoms with Gasteiger partial charge in [0, 0.05) is 17.8 Å². The average Bonchev–Trinajstić information content (AvgIpc) is 3.21. The lowest BCUT2D eigenvalue weighted by molar-refractivity contribution is -0.128. The summed E-state index contributed by atoms with van der Waals surface area (Å²) in [6.07, 6.45) is 0. The summed E-state index contributed by atoms with van der Waals surface area (Å²) >= 11 is 1.59. The summed E-state index contributed by atoms with van der Waals surface area (Å²) in [4.78, 5) is 39.1. The van der Waals surface area contributed by atoms with Crippen molar-refractivity contribution < 1.29 is 19.1 Å². The number of esters is 1. The maximum atomic E-state index is 12.8. The zero-order valence-corrected chi connectivity index (χ0v) is 19.9. The number of anilines is 1. The van der Waals surface area contributed by atoms with Gasteiger partial charge in [0.25, 0.3) is 5.91 Å². The van der Waals surface area contributed by atoms with E-state index in [2.05, 4.69) is 5.32 Å². The summed E-state index contributed by atoms with van der Waals surface area (Å²) in [6, 6.07) is 22.3. The molecule has 3 aromatic carbocycles. The Morgan fingerprint density at radius 3 is 2.41 bits per heavy atom. The number of hydrogen-bond acceptors (Lipinski definition) is 5. The summed E-state index contributed by atoms with van der Waals surface area (Å²) in [5, 5.41) is 2.82. The maximum absolute atomic E-state index is 12.8. The Labute approximate surface area is 203 Å². The number of rotatable bonds is 7. The van der Waals surface area contributed by atoms with E-state index in [9.17, 15) is 14.4 Å². The first-order valence-corrected chi connectivity index (χ1v) is 12.1. The fraction of sp³-hybridized carbons (Fsp3) is 0.222. The van der Waals surface area contributed by atoms with Crippen LogP contribution >= 0.6 is 11.8 Å². The van der Waals surface area contributed by atoms with Crippen LogP contribution < -0.4 is 5.32 Å². The topological polar surface area (TPSA) is 75.7 Å². The lowest BCUT2D eigenvalue weighted by Gasteiger charge is -2.24. The third kappa shape index (κ3) is 5.31. The Morgan fingerprint density at radius 1 is 1.03 bits per heavy atom. The SMILES string of the molecule is CCOC(=O)c1ccc(NC(=O)c2ccc([C@@H]3SCC(=O)N3Cc3ccccc3)cc2)c(C)c1. The number of nitrogens with one attached hydrogen (secondary N) is 1. The number of benzene rings is 3. The molecule has 1 saturated heterocycles. The van der Waals surface area contributed by atoms with Gasteiger partial charge in [-0.25, -0.2) is 4.79 Å². The zero-order valence-electron chi connectivity index (χ0n) is 19.1. The molecule has 1 heterocycles. The van der Waals surface area contributed by atoms with E-state index in [4.69, 9.17) is 4.74 Å². The maximum Gasteiger partial charge on any atom is 0.338 e. The van der Waals surface area contributed by atoms with E-state index < -0.39 is 0 Å². The number of thioether (sulfide) groups is 1. The lowest BCUT2D eigenvalue weighted by atomic mass is 10.1. The highest BCUT2D eigenvalue weighted by Gasteiger charge is 2.32. The van der Waals surface area contributed by atoms with Crippen LogP contribution in [0.3, 0.4) is 0 Å². The number of nitrogens with zero attached hydrogens (tertiary/aromatic N) is 1. The molecule has 0 aliphatic carbocycles. The smallest absolute Gasteiger partial charge is 0.338 e. The van der Waals surface area contributed by atoms with E-state index in [1.54, 1.807) is 49.0 Å². The summed E-state index contributed by atoms with van der Waals surface area (Å²) in [5.41, 5.74) is 4.44. The molecule has 4 rings (SSSR count). The highest BCUT2D eigenvalue weighted by atomic mass is 32.2. The van der Waals surface area contributed by atoms with Crippen LogP contribution in [0, 0.1) is 6.92 Å². The summed E-state index contributed by atoms with van der Waals surface area (Å²) in [5.74, 6) is -0.0678. The summed E-state index contributed by atoms with van der Waals surface area (Å²) in [7, 11) is 0. The van der Waals surface area contributed by atoms with Gasteiger partial charge in [-0.15, -0.1) is 11.8 Å². The molecule has 0 bridgehead atoms. The predicted octanol–water partition coefficient (Wildman–Crippen LogP) is 5.20. The fourth-order valence-electron chi connectivity index (χ4n) is 3.82. The highest BCUT2D eigenvalue weighted by molar-refractivity contribution is 8.00. The molecule has 3 aromatic rings. The van der Waals surface area contributed by atoms with Crippen molar-refractivity contribution >= 4 is 35.2 Å². The van der Waals surface area contributed by atoms with Gasteiger partial charge in [0.05, 0.1) is 17.9 Å². The minimum absolute atomic E-state index is 0.0810. The van der Waals surface area contributed by atoms with E-state index in [0.717, 1.165) is 16.7 Å². The number of aryl methyl sites for hydroxylation is 1. The van der Waals surface area contributed by atoms with Crippen molar-refractivity contribution in [3.05, 3.63) is 101 Å². The van der Waals surface area contributed by atoms with Gasteiger partial charge in [-0.05, 0) is 60.9 Å². The predicted molar refractivity (Wildman–Crippen MR) is 134 cm³/mol. The van der Waals surface area contributed by atoms with Gasteiger partial charge in [0.15, 0.2) is 0 Å². The molecule has 1 aliphatic rings. The number of carbonyl (C=O) groups is 3. The van der Waals surface area contributed by atoms with Crippen LogP contribution in [-0.2, 0) is 16.1 Å². The van der Waals surface area contributed by atoms with Crippen molar-refractivity contribution in [3.8, 4) is 0 Å². The molecular weight excluding hydrogens is 448 g/mol. The molecule has 6 nitrogen and oxygen atoms in total. The van der Waals surface area contributed by atoms with Crippen molar-refractivity contribution in [1.82, 2.24) is 4.90 Å². The number of carbonyl (C=O) groups excluding carboxylic acids is 3. The van der Waals surface area contributed by atoms with Gasteiger partial charge in [-0.3, -0.25) is 9.59 Å². The molecule has 7 heteroatoms. The molecule has 0 spiro atoms. The normalized spacial score (nSPS) is 15.3. The fourth-order valence-corrected chi connectivity index (χ4v) is 5.01. The molecule has 0 saturated carbocycles. The van der Waals surface area contributed by atoms with Crippen molar-refractivity contribution in [3.63, 3.8) is 0 Å². The van der Waals surface area contributed by atoms with Crippen LogP contribution in [-0.4, -0.2) is 35.0 Å². The molecular formula is C27H26N2O4S. The van der Waals surface area contributed by atoms with Gasteiger partial charge in [0.2, 0.25) is 5.91 Å². The summed E-state index contributed by atoms with van der Waals surface area (Å²) < 4.78 is 5.02. The third-order valence-corrected chi connectivity index (χ3v) is 6.86. The monoisotopic (exact) mass is 474 g/mol. The molecule has 1 atom stereocenters. The second kappa shape index (κ2) is 10.6. The van der Waals surface area contributed by atoms with E-state index >= 15 is 0 Å². The minimum Gasteiger partial charge on any atom is -0.462 e. The Morgan fingerprint density at radius 2 is 1.74 bits per heavy atom. The zero-order chi connectivity index (χ0) is 24.1. The Hall–Kier alpha value is -3.58. The van der Waals surface area contributed by atoms with Crippen molar-refractivity contribution in [2.24, 2.45) is 0 Å². The third-order valence-electron chi connectivity index (χ3n) is 5.61. The van der Waals surface area contributed by atoms with E-state index in [1.807, 2.05) is 54.3 Å². The molecule has 1 N–H and O–H groups in total. The Balaban J connectivity index is 1.44. The van der Waals surface area contributed by atoms with Crippen LogP contribution in [0.1, 0.15) is 49.7 Å². The van der Waals surface area contributed by atoms with Crippen molar-refractivity contribution in [2.75, 3.05) is 17.7 Å². The number of amides is 2. The molecule has 0 radical (unpaired) electrons. The average molecular weight is 475 g/mol. The molecule has 34 heavy (non-hydrogen) atoms. The molecule has 0 aromatic heterocycles. The lowest BCUT2D eigenvalue weighted by Crippen LogP contribution is -2.27. The molecule has 2 amide bonds. The van der Waals surface area contributed by atoms with Gasteiger partial charge in [-0.1, -0.05) is 42.5 Å². The van der Waals surface area contributed by atoms with Gasteiger partial charge in [0.1, 0.15) is 5.37 Å². The largest absolute Gasteiger partial charge is 0.462 e. The van der Waals surface area contributed by atoms with Crippen LogP contribution in [0.25, 0.3) is 0 Å².